The van der Waals surface area contributed by atoms with Gasteiger partial charge in [0, 0.05) is 43.1 Å². The molecule has 1 aliphatic carbocycles. The predicted molar refractivity (Wildman–Crippen MR) is 112 cm³/mol. The van der Waals surface area contributed by atoms with Gasteiger partial charge in [-0.05, 0) is 38.3 Å². The molecule has 2 heterocycles. The number of aliphatic imine (C=N–C) groups is 1. The van der Waals surface area contributed by atoms with Crippen molar-refractivity contribution in [3.63, 3.8) is 0 Å². The Labute approximate surface area is 169 Å². The lowest BCUT2D eigenvalue weighted by Crippen LogP contribution is -2.45. The fourth-order valence-corrected chi connectivity index (χ4v) is 4.31. The number of halogens is 2. The first-order chi connectivity index (χ1) is 11.1. The van der Waals surface area contributed by atoms with Gasteiger partial charge in [0.15, 0.2) is 5.96 Å². The molecule has 0 spiro atoms. The van der Waals surface area contributed by atoms with Gasteiger partial charge in [-0.1, -0.05) is 11.6 Å². The fourth-order valence-electron chi connectivity index (χ4n) is 3.27. The molecule has 8 heteroatoms. The van der Waals surface area contributed by atoms with Crippen molar-refractivity contribution in [2.24, 2.45) is 4.99 Å². The molecule has 24 heavy (non-hydrogen) atoms. The van der Waals surface area contributed by atoms with Gasteiger partial charge < -0.3 is 15.7 Å². The van der Waals surface area contributed by atoms with Crippen LogP contribution in [0.4, 0.5) is 0 Å². The van der Waals surface area contributed by atoms with Crippen molar-refractivity contribution in [3.8, 4) is 0 Å². The van der Waals surface area contributed by atoms with Gasteiger partial charge in [-0.3, -0.25) is 9.89 Å². The Kier molecular flexibility index (Phi) is 7.60. The summed E-state index contributed by atoms with van der Waals surface area (Å²) in [4.78, 5) is 7.75. The Morgan fingerprint density at radius 2 is 2.25 bits per heavy atom. The average Bonchev–Trinajstić information content (AvgIpc) is 3.18. The van der Waals surface area contributed by atoms with Gasteiger partial charge in [-0.15, -0.1) is 35.3 Å². The summed E-state index contributed by atoms with van der Waals surface area (Å²) in [6.07, 6.45) is 3.26. The second-order valence-electron chi connectivity index (χ2n) is 6.46. The molecular weight excluding hydrogens is 459 g/mol. The van der Waals surface area contributed by atoms with E-state index in [1.54, 1.807) is 7.05 Å². The van der Waals surface area contributed by atoms with E-state index in [1.165, 1.54) is 24.2 Å². The number of nitrogens with one attached hydrogen (secondary N) is 2. The number of nitrogens with zero attached hydrogens (tertiary/aromatic N) is 2. The summed E-state index contributed by atoms with van der Waals surface area (Å²) in [7, 11) is 1.76. The number of hydrogen-bond acceptors (Lipinski definition) is 4. The second kappa shape index (κ2) is 9.02. The summed E-state index contributed by atoms with van der Waals surface area (Å²) in [5, 5.41) is 16.9. The maximum Gasteiger partial charge on any atom is 0.191 e. The maximum atomic E-state index is 10.2. The molecular formula is C16H26ClIN4OS. The highest BCUT2D eigenvalue weighted by Crippen LogP contribution is 2.33. The molecule has 1 saturated heterocycles. The van der Waals surface area contributed by atoms with E-state index in [4.69, 9.17) is 11.6 Å². The van der Waals surface area contributed by atoms with Gasteiger partial charge in [-0.25, -0.2) is 0 Å². The number of hydrogen-bond donors (Lipinski definition) is 3. The molecule has 2 fully saturated rings. The van der Waals surface area contributed by atoms with E-state index in [2.05, 4.69) is 27.4 Å². The minimum absolute atomic E-state index is 0. The lowest BCUT2D eigenvalue weighted by Gasteiger charge is -2.20. The Bertz CT molecular complexity index is 566. The Morgan fingerprint density at radius 3 is 2.83 bits per heavy atom. The van der Waals surface area contributed by atoms with Crippen LogP contribution in [0.3, 0.4) is 0 Å². The number of thiophene rings is 1. The van der Waals surface area contributed by atoms with E-state index in [-0.39, 0.29) is 24.0 Å². The zero-order chi connectivity index (χ0) is 16.4. The molecule has 0 aromatic carbocycles. The third-order valence-electron chi connectivity index (χ3n) is 4.59. The highest BCUT2D eigenvalue weighted by Gasteiger charge is 2.38. The van der Waals surface area contributed by atoms with Crippen LogP contribution in [0, 0.1) is 0 Å². The number of aliphatic hydroxyl groups is 1. The molecule has 3 rings (SSSR count). The average molecular weight is 485 g/mol. The zero-order valence-electron chi connectivity index (χ0n) is 14.0. The minimum atomic E-state index is -0.573. The van der Waals surface area contributed by atoms with Crippen LogP contribution in [0.15, 0.2) is 17.1 Å². The molecule has 0 amide bonds. The van der Waals surface area contributed by atoms with Crippen LogP contribution in [0.1, 0.15) is 37.2 Å². The summed E-state index contributed by atoms with van der Waals surface area (Å²) in [5.41, 5.74) is 0. The molecule has 0 bridgehead atoms. The van der Waals surface area contributed by atoms with Crippen molar-refractivity contribution < 1.29 is 5.11 Å². The topological polar surface area (TPSA) is 59.9 Å². The van der Waals surface area contributed by atoms with Crippen molar-refractivity contribution in [2.45, 2.75) is 50.4 Å². The van der Waals surface area contributed by atoms with E-state index < -0.39 is 6.10 Å². The molecule has 136 valence electrons. The number of guanidine groups is 1. The smallest absolute Gasteiger partial charge is 0.191 e. The third kappa shape index (κ3) is 5.20. The molecule has 0 radical (unpaired) electrons. The minimum Gasteiger partial charge on any atom is -0.386 e. The fraction of sp³-hybridized carbons (Fsp3) is 0.688. The molecule has 1 saturated carbocycles. The molecule has 2 aliphatic rings. The van der Waals surface area contributed by atoms with Crippen molar-refractivity contribution in [1.29, 1.82) is 0 Å². The molecule has 3 atom stereocenters. The van der Waals surface area contributed by atoms with Gasteiger partial charge in [0.25, 0.3) is 0 Å². The molecule has 1 aromatic heterocycles. The van der Waals surface area contributed by atoms with E-state index >= 15 is 0 Å². The second-order valence-corrected chi connectivity index (χ2v) is 8.21. The van der Waals surface area contributed by atoms with Crippen LogP contribution in [0.5, 0.6) is 0 Å². The van der Waals surface area contributed by atoms with Crippen LogP contribution < -0.4 is 10.6 Å². The number of likely N-dealkylation sites (tertiary alicyclic amines) is 1. The lowest BCUT2D eigenvalue weighted by molar-refractivity contribution is 0.184. The lowest BCUT2D eigenvalue weighted by atomic mass is 10.2. The summed E-state index contributed by atoms with van der Waals surface area (Å²) in [6, 6.07) is 5.53. The SMILES string of the molecule is CN=C(NCC(O)c1ccc(Cl)s1)NC1CC(C)N(C2CC2)C1.I. The van der Waals surface area contributed by atoms with E-state index in [9.17, 15) is 5.11 Å². The molecule has 3 N–H and O–H groups in total. The maximum absolute atomic E-state index is 10.2. The quantitative estimate of drug-likeness (QED) is 0.342. The van der Waals surface area contributed by atoms with E-state index in [1.807, 2.05) is 12.1 Å². The van der Waals surface area contributed by atoms with Crippen LogP contribution >= 0.6 is 46.9 Å². The summed E-state index contributed by atoms with van der Waals surface area (Å²) < 4.78 is 0.696. The first-order valence-corrected chi connectivity index (χ1v) is 9.42. The van der Waals surface area contributed by atoms with Crippen LogP contribution in [-0.2, 0) is 0 Å². The first-order valence-electron chi connectivity index (χ1n) is 8.23. The normalized spacial score (nSPS) is 26.1. The Hall–Kier alpha value is -0.0900. The van der Waals surface area contributed by atoms with Gasteiger partial charge >= 0.3 is 0 Å². The number of rotatable bonds is 5. The summed E-state index contributed by atoms with van der Waals surface area (Å²) in [6.45, 7) is 3.81. The Morgan fingerprint density at radius 1 is 1.50 bits per heavy atom. The van der Waals surface area contributed by atoms with Gasteiger partial charge in [0.05, 0.1) is 4.34 Å². The summed E-state index contributed by atoms with van der Waals surface area (Å²) in [5.74, 6) is 0.751. The van der Waals surface area contributed by atoms with Crippen molar-refractivity contribution >= 4 is 52.9 Å². The first kappa shape index (κ1) is 20.2. The highest BCUT2D eigenvalue weighted by atomic mass is 127. The van der Waals surface area contributed by atoms with E-state index in [0.717, 1.165) is 29.8 Å². The van der Waals surface area contributed by atoms with Crippen LogP contribution in [0.25, 0.3) is 0 Å². The van der Waals surface area contributed by atoms with Gasteiger partial charge in [0.2, 0.25) is 0 Å². The van der Waals surface area contributed by atoms with E-state index in [0.29, 0.717) is 23.0 Å². The third-order valence-corrected chi connectivity index (χ3v) is 5.92. The molecule has 1 aliphatic heterocycles. The summed E-state index contributed by atoms with van der Waals surface area (Å²) >= 11 is 7.32. The van der Waals surface area contributed by atoms with Gasteiger partial charge in [0.1, 0.15) is 6.10 Å². The van der Waals surface area contributed by atoms with Crippen molar-refractivity contribution in [2.75, 3.05) is 20.1 Å². The largest absolute Gasteiger partial charge is 0.386 e. The molecule has 1 aromatic rings. The molecule has 3 unspecified atom stereocenters. The monoisotopic (exact) mass is 484 g/mol. The van der Waals surface area contributed by atoms with Crippen LogP contribution in [0.2, 0.25) is 4.34 Å². The predicted octanol–water partition coefficient (Wildman–Crippen LogP) is 2.84. The standard InChI is InChI=1S/C16H25ClN4OS.HI/c1-10-7-11(9-21(10)12-3-4-12)20-16(18-2)19-8-13(22)14-5-6-15(17)23-14;/h5-6,10-13,22H,3-4,7-9H2,1-2H3,(H2,18,19,20);1H. The Balaban J connectivity index is 0.00000208. The molecule has 5 nitrogen and oxygen atoms in total. The van der Waals surface area contributed by atoms with Gasteiger partial charge in [-0.2, -0.15) is 0 Å². The van der Waals surface area contributed by atoms with Crippen molar-refractivity contribution in [3.05, 3.63) is 21.3 Å². The van der Waals surface area contributed by atoms with Crippen LogP contribution in [-0.4, -0.2) is 54.2 Å². The zero-order valence-corrected chi connectivity index (χ0v) is 17.9. The number of aliphatic hydroxyl groups excluding tert-OH is 1. The highest BCUT2D eigenvalue weighted by molar-refractivity contribution is 14.0. The van der Waals surface area contributed by atoms with Crippen molar-refractivity contribution in [1.82, 2.24) is 15.5 Å².